The van der Waals surface area contributed by atoms with Gasteiger partial charge in [-0.2, -0.15) is 15.3 Å². The Morgan fingerprint density at radius 2 is 1.92 bits per heavy atom. The molecule has 10 nitrogen and oxygen atoms in total. The number of fused-ring (bicyclic) bond motifs is 1. The van der Waals surface area contributed by atoms with E-state index < -0.39 is 10.0 Å². The minimum absolute atomic E-state index is 0.0248. The van der Waals surface area contributed by atoms with Crippen LogP contribution in [0.15, 0.2) is 42.7 Å². The molecule has 204 valence electrons. The van der Waals surface area contributed by atoms with E-state index in [9.17, 15) is 8.42 Å². The number of ether oxygens (including phenoxy) is 1. The highest BCUT2D eigenvalue weighted by Gasteiger charge is 2.47. The molecular weight excluding hydrogens is 514 g/mol. The minimum Gasteiger partial charge on any atom is -0.486 e. The molecule has 0 aliphatic carbocycles. The second-order valence-corrected chi connectivity index (χ2v) is 13.0. The van der Waals surface area contributed by atoms with Crippen LogP contribution in [0.3, 0.4) is 0 Å². The summed E-state index contributed by atoms with van der Waals surface area (Å²) in [7, 11) is -3.16. The molecule has 1 spiro atoms. The van der Waals surface area contributed by atoms with Gasteiger partial charge >= 0.3 is 0 Å². The summed E-state index contributed by atoms with van der Waals surface area (Å²) in [6, 6.07) is 9.98. The number of sulfonamides is 1. The maximum Gasteiger partial charge on any atom is 0.211 e. The molecule has 2 fully saturated rings. The number of pyridine rings is 1. The number of hydrogen-bond acceptors (Lipinski definition) is 8. The summed E-state index contributed by atoms with van der Waals surface area (Å²) in [6.45, 7) is 8.85. The van der Waals surface area contributed by atoms with Crippen molar-refractivity contribution >= 4 is 26.7 Å². The highest BCUT2D eigenvalue weighted by atomic mass is 32.2. The van der Waals surface area contributed by atoms with Crippen molar-refractivity contribution in [2.24, 2.45) is 5.41 Å². The van der Waals surface area contributed by atoms with Gasteiger partial charge in [0.2, 0.25) is 10.0 Å². The third-order valence-corrected chi connectivity index (χ3v) is 9.27. The average Bonchev–Trinajstić information content (AvgIpc) is 3.30. The van der Waals surface area contributed by atoms with Crippen molar-refractivity contribution < 1.29 is 13.2 Å². The zero-order valence-corrected chi connectivity index (χ0v) is 23.5. The number of aromatic nitrogens is 5. The van der Waals surface area contributed by atoms with Crippen LogP contribution in [-0.2, 0) is 10.0 Å². The number of nitrogens with zero attached hydrogens (tertiary/aromatic N) is 6. The molecule has 6 rings (SSSR count). The van der Waals surface area contributed by atoms with E-state index in [1.54, 1.807) is 10.5 Å². The van der Waals surface area contributed by atoms with E-state index in [0.29, 0.717) is 13.1 Å². The van der Waals surface area contributed by atoms with Crippen LogP contribution in [-0.4, -0.2) is 70.5 Å². The van der Waals surface area contributed by atoms with E-state index in [4.69, 9.17) is 9.72 Å². The van der Waals surface area contributed by atoms with Crippen molar-refractivity contribution in [3.05, 3.63) is 59.5 Å². The van der Waals surface area contributed by atoms with Crippen molar-refractivity contribution in [3.8, 4) is 17.0 Å². The summed E-state index contributed by atoms with van der Waals surface area (Å²) >= 11 is 0. The van der Waals surface area contributed by atoms with Gasteiger partial charge in [0.15, 0.2) is 0 Å². The first-order chi connectivity index (χ1) is 18.6. The molecule has 0 amide bonds. The fourth-order valence-corrected chi connectivity index (χ4v) is 7.09. The molecule has 0 saturated carbocycles. The lowest BCUT2D eigenvalue weighted by molar-refractivity contribution is 0.108. The summed E-state index contributed by atoms with van der Waals surface area (Å²) in [5.41, 5.74) is 5.63. The van der Waals surface area contributed by atoms with Crippen molar-refractivity contribution in [1.82, 2.24) is 29.7 Å². The standard InChI is InChI=1S/C28H33N7O3S/c1-18-13-30-31-19(2)26(18)20(3)38-22-7-8-24-23(12-22)27(33-32-24)21-6-9-25(29-14-21)34-15-28(16-34)10-5-11-35(17-28)39(4,36)37/h6-9,12-14,20H,5,10-11,15-17H2,1-4H3,(H,32,33)/t20-/m1/s1. The molecule has 4 aromatic rings. The lowest BCUT2D eigenvalue weighted by Gasteiger charge is -2.54. The second kappa shape index (κ2) is 9.56. The topological polar surface area (TPSA) is 117 Å². The zero-order valence-electron chi connectivity index (χ0n) is 22.7. The van der Waals surface area contributed by atoms with Gasteiger partial charge in [0.1, 0.15) is 23.4 Å². The fraction of sp³-hybridized carbons (Fsp3) is 0.429. The van der Waals surface area contributed by atoms with Crippen LogP contribution in [0.4, 0.5) is 5.82 Å². The first-order valence-corrected chi connectivity index (χ1v) is 15.1. The van der Waals surface area contributed by atoms with Gasteiger partial charge in [0.25, 0.3) is 0 Å². The summed E-state index contributed by atoms with van der Waals surface area (Å²) in [4.78, 5) is 6.96. The van der Waals surface area contributed by atoms with E-state index >= 15 is 0 Å². The maximum atomic E-state index is 12.1. The van der Waals surface area contributed by atoms with E-state index in [1.807, 2.05) is 57.3 Å². The summed E-state index contributed by atoms with van der Waals surface area (Å²) in [6.07, 6.45) is 6.69. The van der Waals surface area contributed by atoms with Crippen LogP contribution in [0.25, 0.3) is 22.2 Å². The summed E-state index contributed by atoms with van der Waals surface area (Å²) in [5.74, 6) is 1.65. The lowest BCUT2D eigenvalue weighted by Crippen LogP contribution is -2.63. The Hall–Kier alpha value is -3.57. The number of hydrogen-bond donors (Lipinski definition) is 1. The largest absolute Gasteiger partial charge is 0.486 e. The number of rotatable bonds is 6. The average molecular weight is 548 g/mol. The summed E-state index contributed by atoms with van der Waals surface area (Å²) < 4.78 is 32.0. The quantitative estimate of drug-likeness (QED) is 0.385. The zero-order chi connectivity index (χ0) is 27.4. The van der Waals surface area contributed by atoms with Gasteiger partial charge in [-0.25, -0.2) is 17.7 Å². The molecule has 0 bridgehead atoms. The molecule has 0 radical (unpaired) electrons. The first kappa shape index (κ1) is 25.7. The molecule has 1 aromatic carbocycles. The Balaban J connectivity index is 1.18. The fourth-order valence-electron chi connectivity index (χ4n) is 6.12. The SMILES string of the molecule is Cc1cnnc(C)c1[C@@H](C)Oc1ccc2[nH]nc(-c3ccc(N4CC5(CCCN(S(C)(=O)=O)C5)C4)nc3)c2c1. The van der Waals surface area contributed by atoms with Gasteiger partial charge < -0.3 is 9.64 Å². The van der Waals surface area contributed by atoms with E-state index in [-0.39, 0.29) is 11.5 Å². The second-order valence-electron chi connectivity index (χ2n) is 11.0. The highest BCUT2D eigenvalue weighted by molar-refractivity contribution is 7.88. The molecule has 2 aliphatic rings. The van der Waals surface area contributed by atoms with Gasteiger partial charge in [0, 0.05) is 54.3 Å². The molecule has 2 aliphatic heterocycles. The molecule has 2 saturated heterocycles. The van der Waals surface area contributed by atoms with Crippen LogP contribution in [0.2, 0.25) is 0 Å². The van der Waals surface area contributed by atoms with E-state index in [1.165, 1.54) is 6.26 Å². The van der Waals surface area contributed by atoms with Crippen molar-refractivity contribution in [3.63, 3.8) is 0 Å². The normalized spacial score (nSPS) is 18.3. The smallest absolute Gasteiger partial charge is 0.211 e. The van der Waals surface area contributed by atoms with Crippen molar-refractivity contribution in [2.75, 3.05) is 37.3 Å². The number of anilines is 1. The molecular formula is C28H33N7O3S. The predicted molar refractivity (Wildman–Crippen MR) is 150 cm³/mol. The van der Waals surface area contributed by atoms with Crippen molar-refractivity contribution in [1.29, 1.82) is 0 Å². The third kappa shape index (κ3) is 4.85. The molecule has 39 heavy (non-hydrogen) atoms. The summed E-state index contributed by atoms with van der Waals surface area (Å²) in [5, 5.41) is 16.8. The predicted octanol–water partition coefficient (Wildman–Crippen LogP) is 4.03. The number of aromatic amines is 1. The Morgan fingerprint density at radius 1 is 1.10 bits per heavy atom. The lowest BCUT2D eigenvalue weighted by atomic mass is 9.74. The van der Waals surface area contributed by atoms with Gasteiger partial charge in [-0.1, -0.05) is 0 Å². The van der Waals surface area contributed by atoms with Crippen LogP contribution in [0.1, 0.15) is 42.7 Å². The number of piperidine rings is 1. The molecule has 3 aromatic heterocycles. The molecule has 1 atom stereocenters. The Kier molecular flexibility index (Phi) is 6.30. The number of benzene rings is 1. The maximum absolute atomic E-state index is 12.1. The number of aryl methyl sites for hydroxylation is 2. The van der Waals surface area contributed by atoms with Gasteiger partial charge in [-0.3, -0.25) is 5.10 Å². The Morgan fingerprint density at radius 3 is 2.64 bits per heavy atom. The van der Waals surface area contributed by atoms with E-state index in [0.717, 1.165) is 76.5 Å². The van der Waals surface area contributed by atoms with Gasteiger partial charge in [-0.05, 0) is 69.5 Å². The van der Waals surface area contributed by atoms with E-state index in [2.05, 4.69) is 25.3 Å². The van der Waals surface area contributed by atoms with Crippen molar-refractivity contribution in [2.45, 2.75) is 39.7 Å². The monoisotopic (exact) mass is 547 g/mol. The molecule has 11 heteroatoms. The molecule has 0 unspecified atom stereocenters. The number of nitrogens with one attached hydrogen (secondary N) is 1. The number of H-pyrrole nitrogens is 1. The molecule has 1 N–H and O–H groups in total. The minimum atomic E-state index is -3.16. The van der Waals surface area contributed by atoms with Crippen LogP contribution in [0, 0.1) is 19.3 Å². The van der Waals surface area contributed by atoms with Crippen LogP contribution < -0.4 is 9.64 Å². The third-order valence-electron chi connectivity index (χ3n) is 8.02. The Bertz CT molecular complexity index is 1610. The first-order valence-electron chi connectivity index (χ1n) is 13.2. The van der Waals surface area contributed by atoms with Gasteiger partial charge in [-0.15, -0.1) is 0 Å². The molecule has 5 heterocycles. The van der Waals surface area contributed by atoms with Gasteiger partial charge in [0.05, 0.1) is 23.7 Å². The highest BCUT2D eigenvalue weighted by Crippen LogP contribution is 2.41. The Labute approximate surface area is 228 Å². The van der Waals surface area contributed by atoms with Crippen LogP contribution >= 0.6 is 0 Å². The van der Waals surface area contributed by atoms with Crippen LogP contribution in [0.5, 0.6) is 5.75 Å².